The molecule has 0 spiro atoms. The van der Waals surface area contributed by atoms with Gasteiger partial charge in [-0.05, 0) is 13.3 Å². The third kappa shape index (κ3) is 2.04. The Morgan fingerprint density at radius 3 is 2.64 bits per heavy atom. The van der Waals surface area contributed by atoms with Gasteiger partial charge in [-0.3, -0.25) is 9.59 Å². The highest BCUT2D eigenvalue weighted by Crippen LogP contribution is 2.23. The van der Waals surface area contributed by atoms with Gasteiger partial charge in [0.1, 0.15) is 6.04 Å². The number of nitrogens with two attached hydrogens (primary N) is 1. The zero-order valence-electron chi connectivity index (χ0n) is 8.43. The number of carboxylic acid groups (broad SMARTS) is 1. The molecule has 3 N–H and O–H groups in total. The summed E-state index contributed by atoms with van der Waals surface area (Å²) >= 11 is 0. The first-order valence-electron chi connectivity index (χ1n) is 4.72. The summed E-state index contributed by atoms with van der Waals surface area (Å²) in [5.41, 5.74) is 5.37. The lowest BCUT2D eigenvalue weighted by Gasteiger charge is -2.23. The Morgan fingerprint density at radius 2 is 2.29 bits per heavy atom. The van der Waals surface area contributed by atoms with Crippen molar-refractivity contribution in [3.05, 3.63) is 0 Å². The number of hydrogen-bond acceptors (Lipinski definition) is 3. The highest BCUT2D eigenvalue weighted by atomic mass is 16.4. The van der Waals surface area contributed by atoms with Crippen molar-refractivity contribution in [1.82, 2.24) is 4.90 Å². The van der Waals surface area contributed by atoms with Crippen molar-refractivity contribution in [3.8, 4) is 0 Å². The number of carbonyl (C=O) groups is 2. The molecule has 1 fully saturated rings. The highest BCUT2D eigenvalue weighted by Gasteiger charge is 2.35. The van der Waals surface area contributed by atoms with Crippen LogP contribution in [-0.2, 0) is 9.59 Å². The first-order chi connectivity index (χ1) is 6.43. The lowest BCUT2D eigenvalue weighted by Crippen LogP contribution is -2.45. The molecule has 1 amide bonds. The van der Waals surface area contributed by atoms with E-state index in [9.17, 15) is 9.59 Å². The van der Waals surface area contributed by atoms with E-state index in [1.165, 1.54) is 0 Å². The minimum Gasteiger partial charge on any atom is -0.480 e. The molecule has 3 atom stereocenters. The van der Waals surface area contributed by atoms with Crippen LogP contribution in [0.1, 0.15) is 20.3 Å². The molecule has 0 bridgehead atoms. The second-order valence-electron chi connectivity index (χ2n) is 3.92. The predicted octanol–water partition coefficient (Wildman–Crippen LogP) is -0.345. The Hall–Kier alpha value is -1.10. The second-order valence-corrected chi connectivity index (χ2v) is 3.92. The number of carboxylic acids is 1. The lowest BCUT2D eigenvalue weighted by atomic mass is 10.1. The topological polar surface area (TPSA) is 83.6 Å². The smallest absolute Gasteiger partial charge is 0.322 e. The standard InChI is InChI=1S/C9H16N2O3/c1-5-3-6(2)11(8(5)12)4-7(10)9(13)14/h5-7H,3-4,10H2,1-2H3,(H,13,14). The van der Waals surface area contributed by atoms with E-state index in [0.717, 1.165) is 6.42 Å². The fourth-order valence-electron chi connectivity index (χ4n) is 1.80. The number of nitrogens with zero attached hydrogens (tertiary/aromatic N) is 1. The van der Waals surface area contributed by atoms with Gasteiger partial charge in [-0.2, -0.15) is 0 Å². The molecule has 3 unspecified atom stereocenters. The van der Waals surface area contributed by atoms with E-state index in [4.69, 9.17) is 10.8 Å². The molecule has 1 rings (SSSR count). The quantitative estimate of drug-likeness (QED) is 0.652. The Kier molecular flexibility index (Phi) is 3.10. The predicted molar refractivity (Wildman–Crippen MR) is 50.6 cm³/mol. The van der Waals surface area contributed by atoms with E-state index < -0.39 is 12.0 Å². The van der Waals surface area contributed by atoms with Crippen LogP contribution in [0.5, 0.6) is 0 Å². The van der Waals surface area contributed by atoms with E-state index in [1.807, 2.05) is 13.8 Å². The van der Waals surface area contributed by atoms with Crippen LogP contribution in [0.25, 0.3) is 0 Å². The maximum atomic E-state index is 11.6. The second kappa shape index (κ2) is 3.96. The molecule has 5 heteroatoms. The van der Waals surface area contributed by atoms with E-state index in [-0.39, 0.29) is 24.4 Å². The van der Waals surface area contributed by atoms with Gasteiger partial charge in [0.2, 0.25) is 5.91 Å². The van der Waals surface area contributed by atoms with Crippen LogP contribution in [0.4, 0.5) is 0 Å². The average Bonchev–Trinajstić information content (AvgIpc) is 2.32. The highest BCUT2D eigenvalue weighted by molar-refractivity contribution is 5.82. The number of likely N-dealkylation sites (tertiary alicyclic amines) is 1. The van der Waals surface area contributed by atoms with Crippen molar-refractivity contribution in [3.63, 3.8) is 0 Å². The molecule has 5 nitrogen and oxygen atoms in total. The summed E-state index contributed by atoms with van der Waals surface area (Å²) in [4.78, 5) is 23.6. The lowest BCUT2D eigenvalue weighted by molar-refractivity contribution is -0.140. The van der Waals surface area contributed by atoms with Gasteiger partial charge in [-0.1, -0.05) is 6.92 Å². The van der Waals surface area contributed by atoms with Gasteiger partial charge in [0.25, 0.3) is 0 Å². The van der Waals surface area contributed by atoms with Crippen molar-refractivity contribution >= 4 is 11.9 Å². The number of rotatable bonds is 3. The summed E-state index contributed by atoms with van der Waals surface area (Å²) in [6.07, 6.45) is 0.783. The van der Waals surface area contributed by atoms with Crippen LogP contribution in [0.3, 0.4) is 0 Å². The number of hydrogen-bond donors (Lipinski definition) is 2. The maximum Gasteiger partial charge on any atom is 0.322 e. The summed E-state index contributed by atoms with van der Waals surface area (Å²) in [5, 5.41) is 8.62. The molecule has 1 saturated heterocycles. The monoisotopic (exact) mass is 200 g/mol. The number of amides is 1. The van der Waals surface area contributed by atoms with E-state index >= 15 is 0 Å². The molecular formula is C9H16N2O3. The maximum absolute atomic E-state index is 11.6. The summed E-state index contributed by atoms with van der Waals surface area (Å²) in [5.74, 6) is -1.07. The van der Waals surface area contributed by atoms with Crippen LogP contribution in [0.2, 0.25) is 0 Å². The minimum absolute atomic E-state index is 0.00834. The fraction of sp³-hybridized carbons (Fsp3) is 0.778. The van der Waals surface area contributed by atoms with Crippen LogP contribution in [0, 0.1) is 5.92 Å². The molecule has 0 radical (unpaired) electrons. The Bertz CT molecular complexity index is 254. The molecule has 0 aromatic carbocycles. The van der Waals surface area contributed by atoms with Gasteiger partial charge >= 0.3 is 5.97 Å². The Labute approximate surface area is 82.9 Å². The van der Waals surface area contributed by atoms with Crippen LogP contribution in [-0.4, -0.2) is 40.5 Å². The van der Waals surface area contributed by atoms with E-state index in [2.05, 4.69) is 0 Å². The van der Waals surface area contributed by atoms with Gasteiger partial charge in [0.05, 0.1) is 0 Å². The third-order valence-electron chi connectivity index (χ3n) is 2.64. The largest absolute Gasteiger partial charge is 0.480 e. The molecule has 1 aliphatic heterocycles. The zero-order chi connectivity index (χ0) is 10.9. The van der Waals surface area contributed by atoms with Crippen LogP contribution in [0.15, 0.2) is 0 Å². The number of carbonyl (C=O) groups excluding carboxylic acids is 1. The van der Waals surface area contributed by atoms with Gasteiger partial charge in [0, 0.05) is 18.5 Å². The van der Waals surface area contributed by atoms with Gasteiger partial charge in [0.15, 0.2) is 0 Å². The van der Waals surface area contributed by atoms with Crippen molar-refractivity contribution in [2.24, 2.45) is 11.7 Å². The normalized spacial score (nSPS) is 29.4. The Balaban J connectivity index is 2.60. The molecule has 0 saturated carbocycles. The van der Waals surface area contributed by atoms with Gasteiger partial charge in [-0.25, -0.2) is 0 Å². The summed E-state index contributed by atoms with van der Waals surface area (Å²) in [6, 6.07) is -0.880. The summed E-state index contributed by atoms with van der Waals surface area (Å²) in [7, 11) is 0. The Morgan fingerprint density at radius 1 is 1.71 bits per heavy atom. The first kappa shape index (κ1) is 11.0. The first-order valence-corrected chi connectivity index (χ1v) is 4.72. The summed E-state index contributed by atoms with van der Waals surface area (Å²) < 4.78 is 0. The molecular weight excluding hydrogens is 184 g/mol. The zero-order valence-corrected chi connectivity index (χ0v) is 8.43. The molecule has 0 aromatic rings. The molecule has 0 aliphatic carbocycles. The SMILES string of the molecule is CC1CC(C)N(CC(N)C(=O)O)C1=O. The van der Waals surface area contributed by atoms with Crippen molar-refractivity contribution in [2.45, 2.75) is 32.4 Å². The molecule has 1 heterocycles. The minimum atomic E-state index is -1.07. The molecule has 80 valence electrons. The molecule has 14 heavy (non-hydrogen) atoms. The summed E-state index contributed by atoms with van der Waals surface area (Å²) in [6.45, 7) is 3.88. The van der Waals surface area contributed by atoms with Gasteiger partial charge < -0.3 is 15.7 Å². The molecule has 1 aliphatic rings. The van der Waals surface area contributed by atoms with Crippen LogP contribution < -0.4 is 5.73 Å². The van der Waals surface area contributed by atoms with Crippen molar-refractivity contribution < 1.29 is 14.7 Å². The van der Waals surface area contributed by atoms with Crippen LogP contribution >= 0.6 is 0 Å². The molecule has 0 aromatic heterocycles. The van der Waals surface area contributed by atoms with E-state index in [1.54, 1.807) is 4.90 Å². The van der Waals surface area contributed by atoms with Gasteiger partial charge in [-0.15, -0.1) is 0 Å². The average molecular weight is 200 g/mol. The third-order valence-corrected chi connectivity index (χ3v) is 2.64. The van der Waals surface area contributed by atoms with Crippen molar-refractivity contribution in [2.75, 3.05) is 6.54 Å². The fourth-order valence-corrected chi connectivity index (χ4v) is 1.80. The number of aliphatic carboxylic acids is 1. The van der Waals surface area contributed by atoms with Crippen molar-refractivity contribution in [1.29, 1.82) is 0 Å². The van der Waals surface area contributed by atoms with E-state index in [0.29, 0.717) is 0 Å².